The van der Waals surface area contributed by atoms with Crippen LogP contribution in [0.3, 0.4) is 0 Å². The van der Waals surface area contributed by atoms with E-state index in [1.807, 2.05) is 30.3 Å². The molecule has 2 N–H and O–H groups in total. The zero-order valence-corrected chi connectivity index (χ0v) is 10.1. The normalized spacial score (nSPS) is 13.3. The first kappa shape index (κ1) is 11.0. The number of carbonyl (C=O) groups excluding carboxylic acids is 1. The van der Waals surface area contributed by atoms with E-state index < -0.39 is 0 Å². The zero-order chi connectivity index (χ0) is 12.4. The second-order valence-electron chi connectivity index (χ2n) is 4.59. The Morgan fingerprint density at radius 2 is 2.11 bits per heavy atom. The van der Waals surface area contributed by atoms with Crippen molar-refractivity contribution in [1.29, 1.82) is 0 Å². The van der Waals surface area contributed by atoms with Crippen molar-refractivity contribution < 1.29 is 4.79 Å². The summed E-state index contributed by atoms with van der Waals surface area (Å²) in [5.74, 6) is 0.700. The first-order chi connectivity index (χ1) is 8.83. The molecule has 4 nitrogen and oxygen atoms in total. The molecule has 0 aliphatic heterocycles. The molecule has 1 aromatic heterocycles. The van der Waals surface area contributed by atoms with Crippen LogP contribution in [0.25, 0.3) is 0 Å². The number of rotatable bonds is 3. The van der Waals surface area contributed by atoms with E-state index in [1.54, 1.807) is 0 Å². The van der Waals surface area contributed by atoms with Gasteiger partial charge in [0, 0.05) is 11.3 Å². The van der Waals surface area contributed by atoms with Crippen molar-refractivity contribution >= 4 is 11.7 Å². The summed E-state index contributed by atoms with van der Waals surface area (Å²) in [5, 5.41) is 10.0. The minimum Gasteiger partial charge on any atom is -0.309 e. The first-order valence-corrected chi connectivity index (χ1v) is 6.23. The van der Waals surface area contributed by atoms with Crippen molar-refractivity contribution in [3.8, 4) is 0 Å². The molecule has 1 amide bonds. The maximum absolute atomic E-state index is 11.9. The number of aryl methyl sites for hydroxylation is 1. The maximum Gasteiger partial charge on any atom is 0.230 e. The third kappa shape index (κ3) is 2.14. The number of amides is 1. The molecule has 92 valence electrons. The lowest BCUT2D eigenvalue weighted by Gasteiger charge is -2.03. The van der Waals surface area contributed by atoms with E-state index in [0.29, 0.717) is 12.2 Å². The molecule has 2 aromatic rings. The van der Waals surface area contributed by atoms with E-state index >= 15 is 0 Å². The smallest absolute Gasteiger partial charge is 0.230 e. The number of hydrogen-bond acceptors (Lipinski definition) is 2. The lowest BCUT2D eigenvalue weighted by molar-refractivity contribution is -0.115. The number of benzene rings is 1. The van der Waals surface area contributed by atoms with E-state index in [1.165, 1.54) is 11.3 Å². The minimum absolute atomic E-state index is 0.0117. The monoisotopic (exact) mass is 241 g/mol. The molecule has 1 aliphatic carbocycles. The Hall–Kier alpha value is -2.10. The summed E-state index contributed by atoms with van der Waals surface area (Å²) in [6, 6.07) is 9.73. The average molecular weight is 241 g/mol. The number of anilines is 1. The van der Waals surface area contributed by atoms with E-state index in [9.17, 15) is 4.79 Å². The summed E-state index contributed by atoms with van der Waals surface area (Å²) < 4.78 is 0. The SMILES string of the molecule is O=C(Cc1ccccc1)Nc1n[nH]c2c1CCC2. The topological polar surface area (TPSA) is 57.8 Å². The fourth-order valence-electron chi connectivity index (χ4n) is 2.38. The van der Waals surface area contributed by atoms with Crippen LogP contribution in [-0.4, -0.2) is 16.1 Å². The lowest BCUT2D eigenvalue weighted by Crippen LogP contribution is -2.15. The second kappa shape index (κ2) is 4.64. The van der Waals surface area contributed by atoms with Gasteiger partial charge in [-0.25, -0.2) is 0 Å². The highest BCUT2D eigenvalue weighted by atomic mass is 16.1. The average Bonchev–Trinajstić information content (AvgIpc) is 2.95. The van der Waals surface area contributed by atoms with Gasteiger partial charge in [-0.3, -0.25) is 9.89 Å². The molecule has 1 heterocycles. The Balaban J connectivity index is 1.68. The van der Waals surface area contributed by atoms with Gasteiger partial charge < -0.3 is 5.32 Å². The van der Waals surface area contributed by atoms with E-state index in [4.69, 9.17) is 0 Å². The number of H-pyrrole nitrogens is 1. The predicted molar refractivity (Wildman–Crippen MR) is 69.4 cm³/mol. The van der Waals surface area contributed by atoms with Crippen LogP contribution in [0, 0.1) is 0 Å². The van der Waals surface area contributed by atoms with Gasteiger partial charge >= 0.3 is 0 Å². The predicted octanol–water partition coefficient (Wildman–Crippen LogP) is 2.08. The van der Waals surface area contributed by atoms with Crippen LogP contribution in [0.2, 0.25) is 0 Å². The minimum atomic E-state index is -0.0117. The van der Waals surface area contributed by atoms with Gasteiger partial charge in [0.15, 0.2) is 5.82 Å². The zero-order valence-electron chi connectivity index (χ0n) is 10.1. The van der Waals surface area contributed by atoms with E-state index in [2.05, 4.69) is 15.5 Å². The Morgan fingerprint density at radius 3 is 2.94 bits per heavy atom. The number of fused-ring (bicyclic) bond motifs is 1. The largest absolute Gasteiger partial charge is 0.309 e. The molecule has 0 saturated carbocycles. The van der Waals surface area contributed by atoms with Crippen LogP contribution in [0.5, 0.6) is 0 Å². The molecule has 0 atom stereocenters. The van der Waals surface area contributed by atoms with Crippen LogP contribution in [0.4, 0.5) is 5.82 Å². The third-order valence-corrected chi connectivity index (χ3v) is 3.27. The first-order valence-electron chi connectivity index (χ1n) is 6.23. The number of hydrogen-bond donors (Lipinski definition) is 2. The van der Waals surface area contributed by atoms with Crippen molar-refractivity contribution in [2.45, 2.75) is 25.7 Å². The van der Waals surface area contributed by atoms with Crippen molar-refractivity contribution in [3.63, 3.8) is 0 Å². The number of aromatic nitrogens is 2. The molecule has 0 fully saturated rings. The van der Waals surface area contributed by atoms with Crippen molar-refractivity contribution in [2.24, 2.45) is 0 Å². The van der Waals surface area contributed by atoms with E-state index in [0.717, 1.165) is 24.8 Å². The van der Waals surface area contributed by atoms with Crippen molar-refractivity contribution in [2.75, 3.05) is 5.32 Å². The number of nitrogens with zero attached hydrogens (tertiary/aromatic N) is 1. The fourth-order valence-corrected chi connectivity index (χ4v) is 2.38. The van der Waals surface area contributed by atoms with Gasteiger partial charge in [-0.1, -0.05) is 30.3 Å². The summed E-state index contributed by atoms with van der Waals surface area (Å²) in [7, 11) is 0. The summed E-state index contributed by atoms with van der Waals surface area (Å²) in [6.07, 6.45) is 3.58. The van der Waals surface area contributed by atoms with Gasteiger partial charge in [0.1, 0.15) is 0 Å². The van der Waals surface area contributed by atoms with Crippen molar-refractivity contribution in [1.82, 2.24) is 10.2 Å². The van der Waals surface area contributed by atoms with Crippen LogP contribution in [0.1, 0.15) is 23.2 Å². The van der Waals surface area contributed by atoms with E-state index in [-0.39, 0.29) is 5.91 Å². The molecule has 1 aliphatic rings. The fraction of sp³-hybridized carbons (Fsp3) is 0.286. The van der Waals surface area contributed by atoms with Gasteiger partial charge in [-0.05, 0) is 24.8 Å². The third-order valence-electron chi connectivity index (χ3n) is 3.27. The van der Waals surface area contributed by atoms with Gasteiger partial charge in [-0.15, -0.1) is 0 Å². The summed E-state index contributed by atoms with van der Waals surface area (Å²) >= 11 is 0. The molecule has 0 unspecified atom stereocenters. The number of carbonyl (C=O) groups is 1. The lowest BCUT2D eigenvalue weighted by atomic mass is 10.1. The number of aromatic amines is 1. The van der Waals surface area contributed by atoms with Crippen LogP contribution < -0.4 is 5.32 Å². The number of nitrogens with one attached hydrogen (secondary N) is 2. The maximum atomic E-state index is 11.9. The standard InChI is InChI=1S/C14H15N3O/c18-13(9-10-5-2-1-3-6-10)15-14-11-7-4-8-12(11)16-17-14/h1-3,5-6H,4,7-9H2,(H2,15,16,17,18). The molecule has 0 saturated heterocycles. The van der Waals surface area contributed by atoms with Crippen LogP contribution in [0.15, 0.2) is 30.3 Å². The van der Waals surface area contributed by atoms with Crippen molar-refractivity contribution in [3.05, 3.63) is 47.2 Å². The molecular formula is C14H15N3O. The summed E-state index contributed by atoms with van der Waals surface area (Å²) in [5.41, 5.74) is 3.36. The Labute approximate surface area is 105 Å². The summed E-state index contributed by atoms with van der Waals surface area (Å²) in [4.78, 5) is 11.9. The van der Waals surface area contributed by atoms with Crippen LogP contribution in [-0.2, 0) is 24.1 Å². The molecule has 0 spiro atoms. The molecule has 1 aromatic carbocycles. The quantitative estimate of drug-likeness (QED) is 0.864. The summed E-state index contributed by atoms with van der Waals surface area (Å²) in [6.45, 7) is 0. The van der Waals surface area contributed by atoms with Gasteiger partial charge in [0.05, 0.1) is 6.42 Å². The Bertz CT molecular complexity index is 560. The highest BCUT2D eigenvalue weighted by molar-refractivity contribution is 5.92. The molecular weight excluding hydrogens is 226 g/mol. The Morgan fingerprint density at radius 1 is 1.28 bits per heavy atom. The molecule has 3 rings (SSSR count). The highest BCUT2D eigenvalue weighted by Gasteiger charge is 2.19. The van der Waals surface area contributed by atoms with Gasteiger partial charge in [0.2, 0.25) is 5.91 Å². The van der Waals surface area contributed by atoms with Crippen LogP contribution >= 0.6 is 0 Å². The highest BCUT2D eigenvalue weighted by Crippen LogP contribution is 2.26. The van der Waals surface area contributed by atoms with Gasteiger partial charge in [0.25, 0.3) is 0 Å². The van der Waals surface area contributed by atoms with Gasteiger partial charge in [-0.2, -0.15) is 5.10 Å². The second-order valence-corrected chi connectivity index (χ2v) is 4.59. The molecule has 0 radical (unpaired) electrons. The molecule has 18 heavy (non-hydrogen) atoms. The molecule has 4 heteroatoms. The Kier molecular flexibility index (Phi) is 2.84. The molecule has 0 bridgehead atoms.